The molecule has 0 spiro atoms. The summed E-state index contributed by atoms with van der Waals surface area (Å²) in [7, 11) is 0. The Morgan fingerprint density at radius 1 is 1.17 bits per heavy atom. The van der Waals surface area contributed by atoms with Crippen molar-refractivity contribution in [2.24, 2.45) is 0 Å². The summed E-state index contributed by atoms with van der Waals surface area (Å²) in [6.45, 7) is 1.98. The second kappa shape index (κ2) is 4.78. The van der Waals surface area contributed by atoms with Gasteiger partial charge in [-0.25, -0.2) is 4.79 Å². The van der Waals surface area contributed by atoms with Crippen molar-refractivity contribution >= 4 is 0 Å². The molecule has 0 aliphatic carbocycles. The van der Waals surface area contributed by atoms with Crippen molar-refractivity contribution in [1.82, 2.24) is 20.1 Å². The third-order valence-corrected chi connectivity index (χ3v) is 3.36. The van der Waals surface area contributed by atoms with Gasteiger partial charge in [-0.2, -0.15) is 4.68 Å². The van der Waals surface area contributed by atoms with Crippen LogP contribution in [-0.2, 0) is 0 Å². The van der Waals surface area contributed by atoms with E-state index in [9.17, 15) is 4.79 Å². The number of hydrogen-bond acceptors (Lipinski definition) is 3. The Hall–Kier alpha value is -1.88. The van der Waals surface area contributed by atoms with Crippen LogP contribution in [0.25, 0.3) is 5.69 Å². The van der Waals surface area contributed by atoms with E-state index in [2.05, 4.69) is 15.4 Å². The van der Waals surface area contributed by atoms with Crippen LogP contribution >= 0.6 is 0 Å². The summed E-state index contributed by atoms with van der Waals surface area (Å²) in [5.41, 5.74) is 0.647. The van der Waals surface area contributed by atoms with Gasteiger partial charge in [0, 0.05) is 5.92 Å². The van der Waals surface area contributed by atoms with Gasteiger partial charge in [0.05, 0.1) is 5.69 Å². The molecule has 1 fully saturated rings. The number of H-pyrrole nitrogens is 1. The van der Waals surface area contributed by atoms with E-state index in [0.29, 0.717) is 5.92 Å². The molecular formula is C13H16N4O. The number of piperidine rings is 1. The molecule has 94 valence electrons. The van der Waals surface area contributed by atoms with Crippen LogP contribution in [0.1, 0.15) is 24.6 Å². The van der Waals surface area contributed by atoms with Gasteiger partial charge >= 0.3 is 5.69 Å². The van der Waals surface area contributed by atoms with Gasteiger partial charge in [0.25, 0.3) is 0 Å². The highest BCUT2D eigenvalue weighted by Gasteiger charge is 2.19. The number of para-hydroxylation sites is 1. The maximum absolute atomic E-state index is 11.9. The summed E-state index contributed by atoms with van der Waals surface area (Å²) in [5.74, 6) is 1.18. The number of rotatable bonds is 2. The van der Waals surface area contributed by atoms with Gasteiger partial charge in [-0.05, 0) is 38.1 Å². The first-order valence-electron chi connectivity index (χ1n) is 6.30. The zero-order valence-electron chi connectivity index (χ0n) is 10.1. The maximum Gasteiger partial charge on any atom is 0.348 e. The lowest BCUT2D eigenvalue weighted by Gasteiger charge is -2.19. The van der Waals surface area contributed by atoms with E-state index in [1.54, 1.807) is 0 Å². The molecule has 0 saturated carbocycles. The average molecular weight is 244 g/mol. The van der Waals surface area contributed by atoms with Crippen LogP contribution in [0.5, 0.6) is 0 Å². The second-order valence-corrected chi connectivity index (χ2v) is 4.59. The van der Waals surface area contributed by atoms with Gasteiger partial charge in [0.15, 0.2) is 0 Å². The molecule has 1 aliphatic heterocycles. The molecule has 1 aromatic carbocycles. The molecule has 18 heavy (non-hydrogen) atoms. The van der Waals surface area contributed by atoms with Crippen molar-refractivity contribution < 1.29 is 0 Å². The molecule has 5 heteroatoms. The van der Waals surface area contributed by atoms with E-state index in [1.807, 2.05) is 30.3 Å². The molecule has 0 radical (unpaired) electrons. The number of aromatic nitrogens is 3. The van der Waals surface area contributed by atoms with Crippen LogP contribution < -0.4 is 11.0 Å². The van der Waals surface area contributed by atoms with Crippen LogP contribution in [0.2, 0.25) is 0 Å². The summed E-state index contributed by atoms with van der Waals surface area (Å²) in [4.78, 5) is 14.8. The second-order valence-electron chi connectivity index (χ2n) is 4.59. The maximum atomic E-state index is 11.9. The number of benzene rings is 1. The van der Waals surface area contributed by atoms with Crippen molar-refractivity contribution in [2.75, 3.05) is 13.1 Å². The van der Waals surface area contributed by atoms with E-state index < -0.39 is 0 Å². The molecule has 3 rings (SSSR count). The number of nitrogens with one attached hydrogen (secondary N) is 2. The SMILES string of the molecule is O=c1[nH]c(C2CCNCC2)nn1-c1ccccc1. The lowest BCUT2D eigenvalue weighted by atomic mass is 9.98. The number of hydrogen-bond donors (Lipinski definition) is 2. The van der Waals surface area contributed by atoms with E-state index in [1.165, 1.54) is 4.68 Å². The molecule has 2 heterocycles. The van der Waals surface area contributed by atoms with Crippen LogP contribution in [0.3, 0.4) is 0 Å². The Bertz CT molecular complexity index is 566. The summed E-state index contributed by atoms with van der Waals surface area (Å²) in [6.07, 6.45) is 2.06. The molecule has 2 N–H and O–H groups in total. The minimum atomic E-state index is -0.158. The highest BCUT2D eigenvalue weighted by molar-refractivity contribution is 5.29. The first kappa shape index (κ1) is 11.2. The molecule has 0 bridgehead atoms. The van der Waals surface area contributed by atoms with E-state index in [-0.39, 0.29) is 5.69 Å². The molecule has 5 nitrogen and oxygen atoms in total. The zero-order chi connectivity index (χ0) is 12.4. The Morgan fingerprint density at radius 2 is 1.89 bits per heavy atom. The minimum Gasteiger partial charge on any atom is -0.317 e. The first-order valence-corrected chi connectivity index (χ1v) is 6.30. The summed E-state index contributed by atoms with van der Waals surface area (Å²) >= 11 is 0. The Balaban J connectivity index is 1.93. The number of aromatic amines is 1. The minimum absolute atomic E-state index is 0.158. The van der Waals surface area contributed by atoms with Crippen LogP contribution in [0.4, 0.5) is 0 Å². The monoisotopic (exact) mass is 244 g/mol. The topological polar surface area (TPSA) is 62.7 Å². The quantitative estimate of drug-likeness (QED) is 0.829. The van der Waals surface area contributed by atoms with Gasteiger partial charge < -0.3 is 5.32 Å². The van der Waals surface area contributed by atoms with Crippen molar-refractivity contribution in [2.45, 2.75) is 18.8 Å². The van der Waals surface area contributed by atoms with Gasteiger partial charge in [-0.3, -0.25) is 4.98 Å². The fourth-order valence-corrected chi connectivity index (χ4v) is 2.36. The summed E-state index contributed by atoms with van der Waals surface area (Å²) < 4.78 is 1.44. The zero-order valence-corrected chi connectivity index (χ0v) is 10.1. The first-order chi connectivity index (χ1) is 8.84. The molecular weight excluding hydrogens is 228 g/mol. The Labute approximate surface area is 105 Å². The summed E-state index contributed by atoms with van der Waals surface area (Å²) in [6, 6.07) is 9.50. The normalized spacial score (nSPS) is 16.9. The molecule has 0 unspecified atom stereocenters. The van der Waals surface area contributed by atoms with Crippen LogP contribution in [0.15, 0.2) is 35.1 Å². The Kier molecular flexibility index (Phi) is 2.98. The standard InChI is InChI=1S/C13H16N4O/c18-13-15-12(10-6-8-14-9-7-10)16-17(13)11-4-2-1-3-5-11/h1-5,10,14H,6-9H2,(H,15,16,18). The molecule has 0 atom stereocenters. The van der Waals surface area contributed by atoms with E-state index >= 15 is 0 Å². The summed E-state index contributed by atoms with van der Waals surface area (Å²) in [5, 5.41) is 7.74. The van der Waals surface area contributed by atoms with E-state index in [4.69, 9.17) is 0 Å². The van der Waals surface area contributed by atoms with Crippen LogP contribution in [0, 0.1) is 0 Å². The van der Waals surface area contributed by atoms with Crippen molar-refractivity contribution in [3.63, 3.8) is 0 Å². The van der Waals surface area contributed by atoms with Crippen LogP contribution in [-0.4, -0.2) is 27.9 Å². The number of nitrogens with zero attached hydrogens (tertiary/aromatic N) is 2. The third kappa shape index (κ3) is 2.09. The third-order valence-electron chi connectivity index (χ3n) is 3.36. The predicted octanol–water partition coefficient (Wildman–Crippen LogP) is 1.03. The highest BCUT2D eigenvalue weighted by Crippen LogP contribution is 2.21. The van der Waals surface area contributed by atoms with Crippen molar-refractivity contribution in [3.8, 4) is 5.69 Å². The highest BCUT2D eigenvalue weighted by atomic mass is 16.1. The fourth-order valence-electron chi connectivity index (χ4n) is 2.36. The van der Waals surface area contributed by atoms with E-state index in [0.717, 1.165) is 37.4 Å². The fraction of sp³-hybridized carbons (Fsp3) is 0.385. The lowest BCUT2D eigenvalue weighted by molar-refractivity contribution is 0.444. The van der Waals surface area contributed by atoms with Crippen molar-refractivity contribution in [3.05, 3.63) is 46.6 Å². The predicted molar refractivity (Wildman–Crippen MR) is 69.0 cm³/mol. The Morgan fingerprint density at radius 3 is 2.61 bits per heavy atom. The lowest BCUT2D eigenvalue weighted by Crippen LogP contribution is -2.27. The van der Waals surface area contributed by atoms with Gasteiger partial charge in [-0.15, -0.1) is 5.10 Å². The van der Waals surface area contributed by atoms with Gasteiger partial charge in [0.1, 0.15) is 5.82 Å². The van der Waals surface area contributed by atoms with Crippen molar-refractivity contribution in [1.29, 1.82) is 0 Å². The van der Waals surface area contributed by atoms with Gasteiger partial charge in [0.2, 0.25) is 0 Å². The molecule has 1 aromatic heterocycles. The molecule has 1 saturated heterocycles. The average Bonchev–Trinajstić information content (AvgIpc) is 2.83. The molecule has 1 aliphatic rings. The van der Waals surface area contributed by atoms with Gasteiger partial charge in [-0.1, -0.05) is 18.2 Å². The smallest absolute Gasteiger partial charge is 0.317 e. The molecule has 0 amide bonds. The molecule has 2 aromatic rings. The largest absolute Gasteiger partial charge is 0.348 e.